The van der Waals surface area contributed by atoms with Gasteiger partial charge in [-0.2, -0.15) is 4.99 Å². The number of fused-ring (bicyclic) bond motifs is 2. The van der Waals surface area contributed by atoms with Gasteiger partial charge in [-0.25, -0.2) is 9.78 Å². The van der Waals surface area contributed by atoms with E-state index < -0.39 is 11.9 Å². The zero-order chi connectivity index (χ0) is 24.1. The highest BCUT2D eigenvalue weighted by Crippen LogP contribution is 2.16. The number of carbonyl (C=O) groups excluding carboxylic acids is 2. The highest BCUT2D eigenvalue weighted by Gasteiger charge is 2.21. The molecule has 0 aliphatic carbocycles. The number of carbonyl (C=O) groups is 2. The number of pyridine rings is 2. The van der Waals surface area contributed by atoms with Crippen LogP contribution in [0.2, 0.25) is 0 Å². The topological polar surface area (TPSA) is 104 Å². The number of esters is 1. The summed E-state index contributed by atoms with van der Waals surface area (Å²) >= 11 is 0. The number of amides is 1. The van der Waals surface area contributed by atoms with Gasteiger partial charge in [0, 0.05) is 12.2 Å². The van der Waals surface area contributed by atoms with Crippen LogP contribution in [0.1, 0.15) is 42.7 Å². The molecule has 0 fully saturated rings. The number of allylic oxidation sites excluding steroid dienone is 2. The average molecular weight is 450 g/mol. The Hall–Kier alpha value is -4.01. The van der Waals surface area contributed by atoms with Gasteiger partial charge in [0.15, 0.2) is 12.1 Å². The van der Waals surface area contributed by atoms with E-state index in [1.807, 2.05) is 26.8 Å². The summed E-state index contributed by atoms with van der Waals surface area (Å²) in [6.07, 6.45) is 5.98. The molecule has 0 saturated heterocycles. The van der Waals surface area contributed by atoms with Gasteiger partial charge in [0.1, 0.15) is 16.9 Å². The first-order valence-corrected chi connectivity index (χ1v) is 10.5. The lowest BCUT2D eigenvalue weighted by Gasteiger charge is -2.18. The average Bonchev–Trinajstić information content (AvgIpc) is 2.77. The smallest absolute Gasteiger partial charge is 0.341 e. The van der Waals surface area contributed by atoms with E-state index in [9.17, 15) is 14.4 Å². The molecule has 9 heteroatoms. The van der Waals surface area contributed by atoms with E-state index in [0.717, 1.165) is 5.56 Å². The third kappa shape index (κ3) is 4.77. The Bertz CT molecular complexity index is 1400. The molecule has 0 unspecified atom stereocenters. The Labute approximate surface area is 190 Å². The van der Waals surface area contributed by atoms with Gasteiger partial charge in [-0.3, -0.25) is 14.0 Å². The lowest BCUT2D eigenvalue weighted by Crippen LogP contribution is -2.34. The molecule has 0 aliphatic rings. The number of hydrogen-bond acceptors (Lipinski definition) is 6. The van der Waals surface area contributed by atoms with Crippen LogP contribution >= 0.6 is 0 Å². The van der Waals surface area contributed by atoms with Gasteiger partial charge in [0.05, 0.1) is 18.3 Å². The first kappa shape index (κ1) is 23.6. The molecule has 1 amide bonds. The second kappa shape index (κ2) is 10.1. The summed E-state index contributed by atoms with van der Waals surface area (Å²) in [5.74, 6) is -1.31. The van der Waals surface area contributed by atoms with Gasteiger partial charge in [0.2, 0.25) is 0 Å². The van der Waals surface area contributed by atoms with Crippen LogP contribution in [0.25, 0.3) is 16.7 Å². The zero-order valence-corrected chi connectivity index (χ0v) is 19.1. The van der Waals surface area contributed by atoms with Crippen LogP contribution in [-0.2, 0) is 14.3 Å². The summed E-state index contributed by atoms with van der Waals surface area (Å²) in [6.45, 7) is 10.5. The van der Waals surface area contributed by atoms with Crippen molar-refractivity contribution in [3.63, 3.8) is 0 Å². The minimum absolute atomic E-state index is 0.000429. The minimum atomic E-state index is -0.693. The summed E-state index contributed by atoms with van der Waals surface area (Å²) in [5, 5.41) is 0.214. The van der Waals surface area contributed by atoms with Gasteiger partial charge >= 0.3 is 5.97 Å². The molecule has 0 aromatic carbocycles. The lowest BCUT2D eigenvalue weighted by molar-refractivity contribution is -0.120. The highest BCUT2D eigenvalue weighted by atomic mass is 16.5. The van der Waals surface area contributed by atoms with Crippen LogP contribution in [0.4, 0.5) is 0 Å². The van der Waals surface area contributed by atoms with Crippen molar-refractivity contribution in [1.82, 2.24) is 14.0 Å². The van der Waals surface area contributed by atoms with Gasteiger partial charge in [-0.15, -0.1) is 0 Å². The van der Waals surface area contributed by atoms with Crippen molar-refractivity contribution in [2.75, 3.05) is 13.2 Å². The van der Waals surface area contributed by atoms with Crippen LogP contribution in [0.3, 0.4) is 0 Å². The van der Waals surface area contributed by atoms with Crippen molar-refractivity contribution >= 4 is 28.6 Å². The van der Waals surface area contributed by atoms with E-state index in [1.54, 1.807) is 23.8 Å². The maximum absolute atomic E-state index is 13.3. The maximum atomic E-state index is 13.3. The van der Waals surface area contributed by atoms with E-state index in [-0.39, 0.29) is 41.3 Å². The minimum Gasteiger partial charge on any atom is -0.491 e. The number of nitrogens with zero attached hydrogens (tertiary/aromatic N) is 4. The predicted octanol–water partition coefficient (Wildman–Crippen LogP) is 2.86. The van der Waals surface area contributed by atoms with Crippen molar-refractivity contribution in [1.29, 1.82) is 0 Å². The number of ether oxygens (including phenoxy) is 2. The molecule has 9 nitrogen and oxygen atoms in total. The Kier molecular flexibility index (Phi) is 7.22. The summed E-state index contributed by atoms with van der Waals surface area (Å²) < 4.78 is 13.4. The monoisotopic (exact) mass is 450 g/mol. The van der Waals surface area contributed by atoms with Gasteiger partial charge in [-0.05, 0) is 51.5 Å². The summed E-state index contributed by atoms with van der Waals surface area (Å²) in [5.41, 5.74) is 1.31. The fourth-order valence-electron chi connectivity index (χ4n) is 3.39. The highest BCUT2D eigenvalue weighted by molar-refractivity contribution is 5.94. The molecule has 0 spiro atoms. The van der Waals surface area contributed by atoms with Gasteiger partial charge < -0.3 is 14.0 Å². The van der Waals surface area contributed by atoms with Crippen LogP contribution < -0.4 is 11.0 Å². The van der Waals surface area contributed by atoms with Crippen LogP contribution in [-0.4, -0.2) is 39.0 Å². The fraction of sp³-hybridized carbons (Fsp3) is 0.292. The number of aromatic nitrogens is 3. The Morgan fingerprint density at radius 1 is 1.30 bits per heavy atom. The first-order valence-electron chi connectivity index (χ1n) is 10.5. The van der Waals surface area contributed by atoms with Crippen LogP contribution in [0, 0.1) is 6.92 Å². The van der Waals surface area contributed by atoms with E-state index >= 15 is 0 Å². The molecule has 0 saturated carbocycles. The summed E-state index contributed by atoms with van der Waals surface area (Å²) in [7, 11) is 0. The third-order valence-corrected chi connectivity index (χ3v) is 4.81. The quantitative estimate of drug-likeness (QED) is 0.237. The van der Waals surface area contributed by atoms with Crippen molar-refractivity contribution in [2.45, 2.75) is 33.7 Å². The van der Waals surface area contributed by atoms with Gasteiger partial charge in [-0.1, -0.05) is 18.7 Å². The van der Waals surface area contributed by atoms with E-state index in [2.05, 4.69) is 11.6 Å². The molecule has 3 aromatic heterocycles. The number of rotatable bonds is 7. The van der Waals surface area contributed by atoms with Crippen LogP contribution in [0.5, 0.6) is 0 Å². The standard InChI is InChI=1S/C24H26N4O5/c1-6-8-12-32-14-19(29)25-22-18(24(31)33-7-2)13-17-21(28(22)15(3)4)26-20-16(5)10-9-11-27(20)23(17)30/h6,8-13,15H,1,7,14H2,2-5H3. The molecule has 0 bridgehead atoms. The molecule has 172 valence electrons. The normalized spacial score (nSPS) is 12.1. The van der Waals surface area contributed by atoms with Crippen LogP contribution in [0.15, 0.2) is 59.2 Å². The molecule has 0 radical (unpaired) electrons. The molecule has 0 aliphatic heterocycles. The SMILES string of the molecule is C=CC=COCC(=O)N=c1c(C(=O)OCC)cc2c(=O)n3cccc(C)c3nc2n1C(C)C. The molecule has 0 atom stereocenters. The summed E-state index contributed by atoms with van der Waals surface area (Å²) in [4.78, 5) is 47.5. The van der Waals surface area contributed by atoms with E-state index in [4.69, 9.17) is 14.5 Å². The number of hydrogen-bond donors (Lipinski definition) is 0. The van der Waals surface area contributed by atoms with E-state index in [1.165, 1.54) is 28.9 Å². The number of aryl methyl sites for hydroxylation is 1. The Balaban J connectivity index is 2.41. The molecule has 3 rings (SSSR count). The second-order valence-corrected chi connectivity index (χ2v) is 7.49. The molecular weight excluding hydrogens is 424 g/mol. The molecule has 0 N–H and O–H groups in total. The van der Waals surface area contributed by atoms with Gasteiger partial charge in [0.25, 0.3) is 11.5 Å². The Morgan fingerprint density at radius 2 is 2.06 bits per heavy atom. The lowest BCUT2D eigenvalue weighted by atomic mass is 10.2. The second-order valence-electron chi connectivity index (χ2n) is 7.49. The Morgan fingerprint density at radius 3 is 2.73 bits per heavy atom. The molecule has 3 aromatic rings. The largest absolute Gasteiger partial charge is 0.491 e. The molecular formula is C24H26N4O5. The van der Waals surface area contributed by atoms with Crippen molar-refractivity contribution < 1.29 is 19.1 Å². The summed E-state index contributed by atoms with van der Waals surface area (Å²) in [6, 6.07) is 4.71. The first-order chi connectivity index (χ1) is 15.8. The maximum Gasteiger partial charge on any atom is 0.341 e. The van der Waals surface area contributed by atoms with Crippen molar-refractivity contribution in [2.24, 2.45) is 4.99 Å². The molecule has 3 heterocycles. The third-order valence-electron chi connectivity index (χ3n) is 4.81. The van der Waals surface area contributed by atoms with Crippen molar-refractivity contribution in [3.05, 3.63) is 76.4 Å². The van der Waals surface area contributed by atoms with E-state index in [0.29, 0.717) is 11.3 Å². The fourth-order valence-corrected chi connectivity index (χ4v) is 3.39. The predicted molar refractivity (Wildman–Crippen MR) is 124 cm³/mol. The zero-order valence-electron chi connectivity index (χ0n) is 19.1. The molecule has 33 heavy (non-hydrogen) atoms. The van der Waals surface area contributed by atoms with Crippen molar-refractivity contribution in [3.8, 4) is 0 Å².